The van der Waals surface area contributed by atoms with E-state index in [0.717, 1.165) is 6.42 Å². The second-order valence-electron chi connectivity index (χ2n) is 5.46. The minimum absolute atomic E-state index is 0.232. The van der Waals surface area contributed by atoms with Crippen molar-refractivity contribution in [1.29, 1.82) is 0 Å². The first-order valence-corrected chi connectivity index (χ1v) is 7.79. The Morgan fingerprint density at radius 2 is 2.18 bits per heavy atom. The van der Waals surface area contributed by atoms with E-state index in [1.165, 1.54) is 0 Å². The van der Waals surface area contributed by atoms with Crippen LogP contribution >= 0.6 is 11.6 Å². The van der Waals surface area contributed by atoms with Crippen LogP contribution in [-0.4, -0.2) is 41.1 Å². The summed E-state index contributed by atoms with van der Waals surface area (Å²) in [6.45, 7) is 4.68. The minimum atomic E-state index is -0.864. The molecule has 6 heteroatoms. The lowest BCUT2D eigenvalue weighted by Crippen LogP contribution is -2.37. The van der Waals surface area contributed by atoms with Gasteiger partial charge in [0.05, 0.1) is 18.1 Å². The van der Waals surface area contributed by atoms with Gasteiger partial charge in [-0.05, 0) is 38.0 Å². The normalized spacial score (nSPS) is 21.0. The van der Waals surface area contributed by atoms with Crippen LogP contribution in [0.15, 0.2) is 18.2 Å². The average molecular weight is 326 g/mol. The van der Waals surface area contributed by atoms with Crippen molar-refractivity contribution in [3.8, 4) is 5.75 Å². The molecule has 0 saturated carbocycles. The molecule has 1 aromatic rings. The predicted molar refractivity (Wildman–Crippen MR) is 83.5 cm³/mol. The highest BCUT2D eigenvalue weighted by atomic mass is 35.5. The molecule has 0 aromatic heterocycles. The van der Waals surface area contributed by atoms with Gasteiger partial charge in [-0.1, -0.05) is 18.5 Å². The highest BCUT2D eigenvalue weighted by Gasteiger charge is 2.39. The van der Waals surface area contributed by atoms with Crippen LogP contribution in [0.1, 0.15) is 37.0 Å². The van der Waals surface area contributed by atoms with Gasteiger partial charge in [-0.2, -0.15) is 0 Å². The van der Waals surface area contributed by atoms with Gasteiger partial charge in [0.25, 0.3) is 5.91 Å². The van der Waals surface area contributed by atoms with Gasteiger partial charge in [-0.3, -0.25) is 9.59 Å². The highest BCUT2D eigenvalue weighted by Crippen LogP contribution is 2.30. The number of nitrogens with zero attached hydrogens (tertiary/aromatic N) is 1. The summed E-state index contributed by atoms with van der Waals surface area (Å²) >= 11 is 6.00. The van der Waals surface area contributed by atoms with Crippen molar-refractivity contribution in [3.63, 3.8) is 0 Å². The van der Waals surface area contributed by atoms with E-state index in [9.17, 15) is 14.7 Å². The number of likely N-dealkylation sites (tertiary alicyclic amines) is 1. The number of hydrogen-bond donors (Lipinski definition) is 1. The number of benzene rings is 1. The fraction of sp³-hybridized carbons (Fsp3) is 0.500. The summed E-state index contributed by atoms with van der Waals surface area (Å²) in [5, 5.41) is 9.64. The average Bonchev–Trinajstić information content (AvgIpc) is 2.87. The molecule has 0 bridgehead atoms. The highest BCUT2D eigenvalue weighted by molar-refractivity contribution is 6.31. The van der Waals surface area contributed by atoms with E-state index in [2.05, 4.69) is 0 Å². The zero-order chi connectivity index (χ0) is 16.3. The molecule has 2 unspecified atom stereocenters. The smallest absolute Gasteiger partial charge is 0.308 e. The van der Waals surface area contributed by atoms with E-state index < -0.39 is 11.9 Å². The summed E-state index contributed by atoms with van der Waals surface area (Å²) in [5.74, 6) is -1.13. The molecule has 1 heterocycles. The Balaban J connectivity index is 2.25. The van der Waals surface area contributed by atoms with Crippen LogP contribution in [0.4, 0.5) is 0 Å². The molecule has 1 fully saturated rings. The molecule has 0 spiro atoms. The number of carboxylic acids is 1. The summed E-state index contributed by atoms with van der Waals surface area (Å²) in [4.78, 5) is 25.5. The number of hydrogen-bond acceptors (Lipinski definition) is 3. The van der Waals surface area contributed by atoms with Gasteiger partial charge in [0.1, 0.15) is 5.75 Å². The molecular weight excluding hydrogens is 306 g/mol. The minimum Gasteiger partial charge on any atom is -0.493 e. The van der Waals surface area contributed by atoms with Crippen LogP contribution in [0.5, 0.6) is 5.75 Å². The lowest BCUT2D eigenvalue weighted by molar-refractivity contribution is -0.142. The van der Waals surface area contributed by atoms with E-state index in [1.807, 2.05) is 6.92 Å². The number of ether oxygens (including phenoxy) is 1. The number of aliphatic carboxylic acids is 1. The van der Waals surface area contributed by atoms with Crippen molar-refractivity contribution < 1.29 is 19.4 Å². The van der Waals surface area contributed by atoms with Gasteiger partial charge in [0, 0.05) is 17.6 Å². The van der Waals surface area contributed by atoms with Crippen LogP contribution in [0.25, 0.3) is 0 Å². The number of carboxylic acid groups (broad SMARTS) is 1. The van der Waals surface area contributed by atoms with Crippen molar-refractivity contribution in [2.75, 3.05) is 13.2 Å². The van der Waals surface area contributed by atoms with Crippen molar-refractivity contribution in [2.24, 2.45) is 5.92 Å². The Morgan fingerprint density at radius 3 is 2.77 bits per heavy atom. The molecule has 1 aliphatic rings. The van der Waals surface area contributed by atoms with Gasteiger partial charge in [0.2, 0.25) is 0 Å². The predicted octanol–water partition coefficient (Wildman–Crippen LogP) is 3.06. The quantitative estimate of drug-likeness (QED) is 0.903. The Hall–Kier alpha value is -1.75. The van der Waals surface area contributed by atoms with Crippen LogP contribution in [-0.2, 0) is 4.79 Å². The number of carbonyl (C=O) groups excluding carboxylic acids is 1. The van der Waals surface area contributed by atoms with Gasteiger partial charge in [-0.15, -0.1) is 0 Å². The molecule has 2 atom stereocenters. The van der Waals surface area contributed by atoms with Crippen molar-refractivity contribution in [3.05, 3.63) is 28.8 Å². The van der Waals surface area contributed by atoms with E-state index in [0.29, 0.717) is 35.9 Å². The first kappa shape index (κ1) is 16.6. The largest absolute Gasteiger partial charge is 0.493 e. The van der Waals surface area contributed by atoms with Crippen molar-refractivity contribution >= 4 is 23.5 Å². The summed E-state index contributed by atoms with van der Waals surface area (Å²) in [7, 11) is 0. The first-order chi connectivity index (χ1) is 10.5. The maximum absolute atomic E-state index is 12.8. The molecule has 1 saturated heterocycles. The van der Waals surface area contributed by atoms with Gasteiger partial charge < -0.3 is 14.7 Å². The number of halogens is 1. The first-order valence-electron chi connectivity index (χ1n) is 7.41. The maximum Gasteiger partial charge on any atom is 0.308 e. The third-order valence-corrected chi connectivity index (χ3v) is 4.20. The number of amides is 1. The summed E-state index contributed by atoms with van der Waals surface area (Å²) in [5.41, 5.74) is 0.388. The Bertz CT molecular complexity index is 575. The van der Waals surface area contributed by atoms with Gasteiger partial charge in [-0.25, -0.2) is 0 Å². The van der Waals surface area contributed by atoms with Crippen molar-refractivity contribution in [2.45, 2.75) is 32.7 Å². The second-order valence-corrected chi connectivity index (χ2v) is 5.90. The monoisotopic (exact) mass is 325 g/mol. The molecule has 1 amide bonds. The Kier molecular flexibility index (Phi) is 5.29. The fourth-order valence-electron chi connectivity index (χ4n) is 2.72. The molecule has 1 aromatic carbocycles. The van der Waals surface area contributed by atoms with Crippen LogP contribution in [0.3, 0.4) is 0 Å². The molecular formula is C16H20ClNO4. The zero-order valence-electron chi connectivity index (χ0n) is 12.7. The summed E-state index contributed by atoms with van der Waals surface area (Å²) in [6, 6.07) is 4.59. The third-order valence-electron chi connectivity index (χ3n) is 3.97. The lowest BCUT2D eigenvalue weighted by atomic mass is 10.0. The molecule has 22 heavy (non-hydrogen) atoms. The SMILES string of the molecule is CCCOc1ccc(Cl)cc1C(=O)N1CCC(C(=O)O)C1C. The van der Waals surface area contributed by atoms with Crippen molar-refractivity contribution in [1.82, 2.24) is 4.90 Å². The van der Waals surface area contributed by atoms with Crippen LogP contribution in [0.2, 0.25) is 5.02 Å². The molecule has 0 aliphatic carbocycles. The topological polar surface area (TPSA) is 66.8 Å². The summed E-state index contributed by atoms with van der Waals surface area (Å²) < 4.78 is 5.61. The van der Waals surface area contributed by atoms with Crippen LogP contribution in [0, 0.1) is 5.92 Å². The van der Waals surface area contributed by atoms with E-state index >= 15 is 0 Å². The molecule has 1 aliphatic heterocycles. The van der Waals surface area contributed by atoms with Crippen LogP contribution < -0.4 is 4.74 Å². The molecule has 1 N–H and O–H groups in total. The second kappa shape index (κ2) is 7.01. The van der Waals surface area contributed by atoms with E-state index in [1.54, 1.807) is 30.0 Å². The molecule has 0 radical (unpaired) electrons. The zero-order valence-corrected chi connectivity index (χ0v) is 13.5. The summed E-state index contributed by atoms with van der Waals surface area (Å²) in [6.07, 6.45) is 1.30. The number of carbonyl (C=O) groups is 2. The maximum atomic E-state index is 12.8. The van der Waals surface area contributed by atoms with E-state index in [-0.39, 0.29) is 11.9 Å². The third kappa shape index (κ3) is 3.35. The standard InChI is InChI=1S/C16H20ClNO4/c1-3-8-22-14-5-4-11(17)9-13(14)15(19)18-7-6-12(10(18)2)16(20)21/h4-5,9-10,12H,3,6-8H2,1-2H3,(H,20,21). The Labute approximate surface area is 134 Å². The fourth-order valence-corrected chi connectivity index (χ4v) is 2.89. The molecule has 2 rings (SSSR count). The lowest BCUT2D eigenvalue weighted by Gasteiger charge is -2.24. The van der Waals surface area contributed by atoms with Gasteiger partial charge in [0.15, 0.2) is 0 Å². The molecule has 120 valence electrons. The Morgan fingerprint density at radius 1 is 1.45 bits per heavy atom. The molecule has 5 nitrogen and oxygen atoms in total. The van der Waals surface area contributed by atoms with Gasteiger partial charge >= 0.3 is 5.97 Å². The van der Waals surface area contributed by atoms with E-state index in [4.69, 9.17) is 16.3 Å². The number of rotatable bonds is 5.